The highest BCUT2D eigenvalue weighted by atomic mass is 35.5. The van der Waals surface area contributed by atoms with E-state index in [0.29, 0.717) is 5.56 Å². The summed E-state index contributed by atoms with van der Waals surface area (Å²) in [5, 5.41) is 3.02. The van der Waals surface area contributed by atoms with Crippen molar-refractivity contribution in [1.82, 2.24) is 19.7 Å². The highest BCUT2D eigenvalue weighted by Crippen LogP contribution is 2.39. The van der Waals surface area contributed by atoms with Gasteiger partial charge in [-0.1, -0.05) is 35.3 Å². The topological polar surface area (TPSA) is 102 Å². The number of benzene rings is 1. The molecule has 0 N–H and O–H groups in total. The van der Waals surface area contributed by atoms with Crippen LogP contribution in [0.3, 0.4) is 0 Å². The van der Waals surface area contributed by atoms with Gasteiger partial charge in [-0.05, 0) is 43.4 Å². The van der Waals surface area contributed by atoms with E-state index in [0.717, 1.165) is 46.6 Å². The van der Waals surface area contributed by atoms with Gasteiger partial charge in [-0.3, -0.25) is 19.3 Å². The summed E-state index contributed by atoms with van der Waals surface area (Å²) in [6, 6.07) is 4.11. The first-order valence-corrected chi connectivity index (χ1v) is 15.1. The summed E-state index contributed by atoms with van der Waals surface area (Å²) in [6.07, 6.45) is -0.243. The Hall–Kier alpha value is -3.03. The van der Waals surface area contributed by atoms with Gasteiger partial charge >= 0.3 is 6.18 Å². The number of nitrogens with zero attached hydrogens (tertiary/aromatic N) is 4. The number of Topliss-reactive ketones (excluding diaryl/α,β-unsaturated/α-hetero) is 1. The van der Waals surface area contributed by atoms with Gasteiger partial charge in [0.15, 0.2) is 11.5 Å². The van der Waals surface area contributed by atoms with Gasteiger partial charge in [-0.25, -0.2) is 12.8 Å². The summed E-state index contributed by atoms with van der Waals surface area (Å²) in [5.41, 5.74) is -1.90. The first-order chi connectivity index (χ1) is 19.2. The molecule has 0 atom stereocenters. The molecule has 0 bridgehead atoms. The molecule has 1 aliphatic carbocycles. The van der Waals surface area contributed by atoms with Gasteiger partial charge < -0.3 is 4.90 Å². The molecule has 15 heteroatoms. The molecule has 0 unspecified atom stereocenters. The third-order valence-corrected chi connectivity index (χ3v) is 9.19. The molecular formula is C26H24Cl2F4N4O4S. The molecule has 220 valence electrons. The fourth-order valence-electron chi connectivity index (χ4n) is 4.91. The van der Waals surface area contributed by atoms with Crippen LogP contribution in [-0.2, 0) is 22.6 Å². The van der Waals surface area contributed by atoms with Crippen LogP contribution in [0.1, 0.15) is 63.7 Å². The molecule has 41 heavy (non-hydrogen) atoms. The summed E-state index contributed by atoms with van der Waals surface area (Å²) >= 11 is 12.2. The standard InChI is InChI=1S/C26H24Cl2F4N4O4S/c1-41(39,40)18-8-6-17(7-9-18)36-24(26(30,31)32)19(10-34-36)25(38)35(13-15-2-4-16(29)5-3-15)14-22(37)23-20(27)11-33-12-21(23)28/h2-5,10-12,17-18H,6-9,13-14H2,1H3. The molecule has 0 saturated heterocycles. The van der Waals surface area contributed by atoms with Crippen molar-refractivity contribution in [3.63, 3.8) is 0 Å². The molecule has 1 amide bonds. The van der Waals surface area contributed by atoms with Crippen molar-refractivity contribution in [3.8, 4) is 0 Å². The van der Waals surface area contributed by atoms with Crippen LogP contribution in [0, 0.1) is 5.82 Å². The second-order valence-electron chi connectivity index (χ2n) is 9.80. The fourth-order valence-corrected chi connectivity index (χ4v) is 6.61. The summed E-state index contributed by atoms with van der Waals surface area (Å²) < 4.78 is 81.3. The van der Waals surface area contributed by atoms with Gasteiger partial charge in [0.2, 0.25) is 0 Å². The zero-order chi connectivity index (χ0) is 30.1. The zero-order valence-electron chi connectivity index (χ0n) is 21.5. The average molecular weight is 635 g/mol. The van der Waals surface area contributed by atoms with Crippen LogP contribution in [0.2, 0.25) is 10.0 Å². The van der Waals surface area contributed by atoms with Gasteiger partial charge in [0, 0.05) is 25.2 Å². The molecule has 0 radical (unpaired) electrons. The number of alkyl halides is 3. The Morgan fingerprint density at radius 3 is 2.15 bits per heavy atom. The average Bonchev–Trinajstić information content (AvgIpc) is 3.35. The highest BCUT2D eigenvalue weighted by Gasteiger charge is 2.43. The molecule has 0 spiro atoms. The second kappa shape index (κ2) is 12.1. The Kier molecular flexibility index (Phi) is 9.10. The van der Waals surface area contributed by atoms with Crippen LogP contribution in [0.5, 0.6) is 0 Å². The Balaban J connectivity index is 1.70. The molecule has 2 heterocycles. The maximum Gasteiger partial charge on any atom is 0.433 e. The quantitative estimate of drug-likeness (QED) is 0.229. The van der Waals surface area contributed by atoms with Crippen LogP contribution >= 0.6 is 23.2 Å². The Morgan fingerprint density at radius 1 is 1.02 bits per heavy atom. The van der Waals surface area contributed by atoms with Crippen LogP contribution in [0.25, 0.3) is 0 Å². The van der Waals surface area contributed by atoms with Gasteiger partial charge in [-0.2, -0.15) is 18.3 Å². The number of hydrogen-bond acceptors (Lipinski definition) is 6. The van der Waals surface area contributed by atoms with E-state index in [1.54, 1.807) is 0 Å². The van der Waals surface area contributed by atoms with Crippen molar-refractivity contribution in [2.75, 3.05) is 12.8 Å². The highest BCUT2D eigenvalue weighted by molar-refractivity contribution is 7.91. The Bertz CT molecular complexity index is 1530. The molecule has 1 aliphatic rings. The fraction of sp³-hybridized carbons (Fsp3) is 0.385. The summed E-state index contributed by atoms with van der Waals surface area (Å²) in [5.74, 6) is -2.46. The van der Waals surface area contributed by atoms with E-state index in [2.05, 4.69) is 10.1 Å². The minimum absolute atomic E-state index is 0.106. The van der Waals surface area contributed by atoms with E-state index in [4.69, 9.17) is 23.2 Å². The lowest BCUT2D eigenvalue weighted by Crippen LogP contribution is -2.37. The molecule has 0 aliphatic heterocycles. The number of carbonyl (C=O) groups excluding carboxylic acids is 2. The van der Waals surface area contributed by atoms with Gasteiger partial charge in [-0.15, -0.1) is 0 Å². The summed E-state index contributed by atoms with van der Waals surface area (Å²) in [7, 11) is -3.35. The minimum Gasteiger partial charge on any atom is -0.326 e. The monoisotopic (exact) mass is 634 g/mol. The number of amides is 1. The van der Waals surface area contributed by atoms with Crippen LogP contribution in [0.15, 0.2) is 42.9 Å². The van der Waals surface area contributed by atoms with Crippen molar-refractivity contribution in [3.05, 3.63) is 81.1 Å². The van der Waals surface area contributed by atoms with Crippen molar-refractivity contribution in [1.29, 1.82) is 0 Å². The lowest BCUT2D eigenvalue weighted by Gasteiger charge is -2.29. The Morgan fingerprint density at radius 2 is 1.61 bits per heavy atom. The molecule has 4 rings (SSSR count). The Labute approximate surface area is 243 Å². The predicted octanol–water partition coefficient (Wildman–Crippen LogP) is 5.80. The first-order valence-electron chi connectivity index (χ1n) is 12.4. The SMILES string of the molecule is CS(=O)(=O)C1CCC(n2ncc(C(=O)N(CC(=O)c3c(Cl)cncc3Cl)Cc3ccc(F)cc3)c2C(F)(F)F)CC1. The second-order valence-corrected chi connectivity index (χ2v) is 12.9. The molecule has 8 nitrogen and oxygen atoms in total. The third kappa shape index (κ3) is 7.07. The molecular weight excluding hydrogens is 611 g/mol. The molecule has 1 aromatic carbocycles. The number of rotatable bonds is 8. The lowest BCUT2D eigenvalue weighted by atomic mass is 9.94. The number of halogens is 6. The van der Waals surface area contributed by atoms with Crippen molar-refractivity contribution >= 4 is 44.7 Å². The number of hydrogen-bond donors (Lipinski definition) is 0. The van der Waals surface area contributed by atoms with E-state index in [1.807, 2.05) is 0 Å². The first kappa shape index (κ1) is 30.9. The van der Waals surface area contributed by atoms with E-state index >= 15 is 0 Å². The molecule has 1 saturated carbocycles. The van der Waals surface area contributed by atoms with E-state index in [9.17, 15) is 35.6 Å². The number of sulfone groups is 1. The minimum atomic E-state index is -5.00. The zero-order valence-corrected chi connectivity index (χ0v) is 23.9. The third-order valence-electron chi connectivity index (χ3n) is 6.93. The van der Waals surface area contributed by atoms with Crippen molar-refractivity contribution in [2.45, 2.75) is 49.7 Å². The van der Waals surface area contributed by atoms with Gasteiger partial charge in [0.05, 0.1) is 45.2 Å². The largest absolute Gasteiger partial charge is 0.433 e. The van der Waals surface area contributed by atoms with E-state index < -0.39 is 62.6 Å². The number of ketones is 1. The number of pyridine rings is 1. The normalized spacial score (nSPS) is 17.8. The predicted molar refractivity (Wildman–Crippen MR) is 143 cm³/mol. The summed E-state index contributed by atoms with van der Waals surface area (Å²) in [6.45, 7) is -1.05. The van der Waals surface area contributed by atoms with Crippen LogP contribution in [0.4, 0.5) is 17.6 Å². The van der Waals surface area contributed by atoms with E-state index in [1.165, 1.54) is 12.1 Å². The molecule has 3 aromatic rings. The van der Waals surface area contributed by atoms with Crippen molar-refractivity contribution < 1.29 is 35.6 Å². The molecule has 2 aromatic heterocycles. The molecule has 1 fully saturated rings. The number of carbonyl (C=O) groups is 2. The summed E-state index contributed by atoms with van der Waals surface area (Å²) in [4.78, 5) is 31.5. The maximum absolute atomic E-state index is 14.4. The van der Waals surface area contributed by atoms with E-state index in [-0.39, 0.29) is 47.8 Å². The smallest absolute Gasteiger partial charge is 0.326 e. The number of aromatic nitrogens is 3. The lowest BCUT2D eigenvalue weighted by molar-refractivity contribution is -0.145. The maximum atomic E-state index is 14.4. The van der Waals surface area contributed by atoms with Gasteiger partial charge in [0.1, 0.15) is 15.7 Å². The van der Waals surface area contributed by atoms with Gasteiger partial charge in [0.25, 0.3) is 5.91 Å². The van der Waals surface area contributed by atoms with Crippen LogP contribution in [-0.4, -0.2) is 57.8 Å². The van der Waals surface area contributed by atoms with Crippen LogP contribution < -0.4 is 0 Å². The van der Waals surface area contributed by atoms with Crippen molar-refractivity contribution in [2.24, 2.45) is 0 Å².